The van der Waals surface area contributed by atoms with Gasteiger partial charge in [-0.15, -0.1) is 0 Å². The molecule has 0 fully saturated rings. The number of aryl methyl sites for hydroxylation is 1. The molecular formula is C14H21FN2O3S. The molecule has 0 aliphatic carbocycles. The Morgan fingerprint density at radius 1 is 1.38 bits per heavy atom. The van der Waals surface area contributed by atoms with Gasteiger partial charge in [-0.05, 0) is 37.0 Å². The molecule has 118 valence electrons. The second kappa shape index (κ2) is 6.53. The zero-order valence-corrected chi connectivity index (χ0v) is 13.4. The van der Waals surface area contributed by atoms with Gasteiger partial charge in [0.2, 0.25) is 10.0 Å². The molecule has 1 unspecified atom stereocenters. The minimum absolute atomic E-state index is 0.0409. The molecule has 0 saturated carbocycles. The van der Waals surface area contributed by atoms with Crippen molar-refractivity contribution in [1.82, 2.24) is 5.32 Å². The van der Waals surface area contributed by atoms with E-state index in [4.69, 9.17) is 5.14 Å². The number of amides is 1. The van der Waals surface area contributed by atoms with Gasteiger partial charge >= 0.3 is 0 Å². The van der Waals surface area contributed by atoms with Gasteiger partial charge in [-0.1, -0.05) is 20.8 Å². The third-order valence-electron chi connectivity index (χ3n) is 3.35. The lowest BCUT2D eigenvalue weighted by atomic mass is 10.0. The summed E-state index contributed by atoms with van der Waals surface area (Å²) in [6.45, 7) is 7.28. The van der Waals surface area contributed by atoms with Crippen LogP contribution < -0.4 is 10.5 Å². The predicted octanol–water partition coefficient (Wildman–Crippen LogP) is 1.95. The zero-order chi connectivity index (χ0) is 16.4. The van der Waals surface area contributed by atoms with Gasteiger partial charge in [-0.25, -0.2) is 17.9 Å². The topological polar surface area (TPSA) is 89.3 Å². The van der Waals surface area contributed by atoms with Crippen LogP contribution in [-0.2, 0) is 10.0 Å². The lowest BCUT2D eigenvalue weighted by molar-refractivity contribution is 0.0924. The van der Waals surface area contributed by atoms with Gasteiger partial charge in [0.25, 0.3) is 5.91 Å². The third-order valence-corrected chi connectivity index (χ3v) is 4.26. The number of carbonyl (C=O) groups is 1. The first kappa shape index (κ1) is 17.6. The normalized spacial score (nSPS) is 13.3. The molecule has 0 bridgehead atoms. The van der Waals surface area contributed by atoms with Crippen LogP contribution in [0.5, 0.6) is 0 Å². The Balaban J connectivity index is 3.20. The summed E-state index contributed by atoms with van der Waals surface area (Å²) in [6.07, 6.45) is 0.742. The molecule has 0 saturated heterocycles. The van der Waals surface area contributed by atoms with Gasteiger partial charge in [0.05, 0.1) is 0 Å². The fourth-order valence-electron chi connectivity index (χ4n) is 2.07. The van der Waals surface area contributed by atoms with Gasteiger partial charge in [-0.2, -0.15) is 0 Å². The molecule has 1 aromatic carbocycles. The van der Waals surface area contributed by atoms with E-state index in [-0.39, 0.29) is 23.1 Å². The number of benzene rings is 1. The summed E-state index contributed by atoms with van der Waals surface area (Å²) in [5.41, 5.74) is 0.140. The SMILES string of the molecule is CCC(NC(=O)c1cc(C)c(F)c(S(N)(=O)=O)c1)C(C)C. The molecule has 5 nitrogen and oxygen atoms in total. The van der Waals surface area contributed by atoms with E-state index in [0.717, 1.165) is 12.5 Å². The second-order valence-corrected chi connectivity index (χ2v) is 6.91. The maximum Gasteiger partial charge on any atom is 0.251 e. The Morgan fingerprint density at radius 2 is 1.95 bits per heavy atom. The van der Waals surface area contributed by atoms with Gasteiger partial charge in [0.15, 0.2) is 0 Å². The summed E-state index contributed by atoms with van der Waals surface area (Å²) in [6, 6.07) is 2.24. The van der Waals surface area contributed by atoms with E-state index in [2.05, 4.69) is 5.32 Å². The van der Waals surface area contributed by atoms with Crippen LogP contribution in [0.1, 0.15) is 43.1 Å². The Kier molecular flexibility index (Phi) is 5.47. The molecule has 0 aliphatic rings. The van der Waals surface area contributed by atoms with E-state index >= 15 is 0 Å². The van der Waals surface area contributed by atoms with Crippen LogP contribution in [0.3, 0.4) is 0 Å². The fourth-order valence-corrected chi connectivity index (χ4v) is 2.77. The monoisotopic (exact) mass is 316 g/mol. The van der Waals surface area contributed by atoms with Crippen molar-refractivity contribution in [2.45, 2.75) is 45.1 Å². The quantitative estimate of drug-likeness (QED) is 0.870. The van der Waals surface area contributed by atoms with Crippen LogP contribution in [0.2, 0.25) is 0 Å². The summed E-state index contributed by atoms with van der Waals surface area (Å²) in [4.78, 5) is 11.5. The van der Waals surface area contributed by atoms with Crippen LogP contribution in [-0.4, -0.2) is 20.4 Å². The van der Waals surface area contributed by atoms with Crippen molar-refractivity contribution >= 4 is 15.9 Å². The van der Waals surface area contributed by atoms with Crippen LogP contribution in [0.25, 0.3) is 0 Å². The number of hydrogen-bond donors (Lipinski definition) is 2. The van der Waals surface area contributed by atoms with Crippen LogP contribution in [0.4, 0.5) is 4.39 Å². The van der Waals surface area contributed by atoms with E-state index in [1.165, 1.54) is 13.0 Å². The van der Waals surface area contributed by atoms with Crippen LogP contribution >= 0.6 is 0 Å². The summed E-state index contributed by atoms with van der Waals surface area (Å²) < 4.78 is 36.6. The van der Waals surface area contributed by atoms with Gasteiger partial charge in [0.1, 0.15) is 10.7 Å². The number of nitrogens with one attached hydrogen (secondary N) is 1. The second-order valence-electron chi connectivity index (χ2n) is 5.38. The molecule has 0 aliphatic heterocycles. The third kappa shape index (κ3) is 4.25. The molecule has 1 rings (SSSR count). The number of sulfonamides is 1. The van der Waals surface area contributed by atoms with Crippen molar-refractivity contribution in [3.8, 4) is 0 Å². The van der Waals surface area contributed by atoms with E-state index in [1.807, 2.05) is 20.8 Å². The Morgan fingerprint density at radius 3 is 2.38 bits per heavy atom. The molecule has 0 aromatic heterocycles. The van der Waals surface area contributed by atoms with Crippen molar-refractivity contribution < 1.29 is 17.6 Å². The first-order chi connectivity index (χ1) is 9.57. The Hall–Kier alpha value is -1.47. The molecule has 1 atom stereocenters. The van der Waals surface area contributed by atoms with Crippen LogP contribution in [0, 0.1) is 18.7 Å². The number of primary sulfonamides is 1. The van der Waals surface area contributed by atoms with Crippen molar-refractivity contribution in [2.24, 2.45) is 11.1 Å². The highest BCUT2D eigenvalue weighted by molar-refractivity contribution is 7.89. The van der Waals surface area contributed by atoms with Crippen LogP contribution in [0.15, 0.2) is 17.0 Å². The number of nitrogens with two attached hydrogens (primary N) is 1. The number of halogens is 1. The highest BCUT2D eigenvalue weighted by atomic mass is 32.2. The summed E-state index contributed by atoms with van der Waals surface area (Å²) in [7, 11) is -4.22. The summed E-state index contributed by atoms with van der Waals surface area (Å²) in [5, 5.41) is 7.78. The largest absolute Gasteiger partial charge is 0.349 e. The Bertz CT molecular complexity index is 642. The lowest BCUT2D eigenvalue weighted by Gasteiger charge is -2.21. The molecule has 1 aromatic rings. The number of carbonyl (C=O) groups excluding carboxylic acids is 1. The van der Waals surface area contributed by atoms with Crippen molar-refractivity contribution in [1.29, 1.82) is 0 Å². The molecule has 3 N–H and O–H groups in total. The van der Waals surface area contributed by atoms with E-state index in [9.17, 15) is 17.6 Å². The molecule has 0 radical (unpaired) electrons. The van der Waals surface area contributed by atoms with Gasteiger partial charge in [0, 0.05) is 11.6 Å². The average Bonchev–Trinajstić information content (AvgIpc) is 2.36. The van der Waals surface area contributed by atoms with Gasteiger partial charge < -0.3 is 5.32 Å². The molecular weight excluding hydrogens is 295 g/mol. The molecule has 0 heterocycles. The highest BCUT2D eigenvalue weighted by Gasteiger charge is 2.21. The zero-order valence-electron chi connectivity index (χ0n) is 12.6. The first-order valence-electron chi connectivity index (χ1n) is 6.71. The van der Waals surface area contributed by atoms with Gasteiger partial charge in [-0.3, -0.25) is 4.79 Å². The molecule has 0 spiro atoms. The van der Waals surface area contributed by atoms with E-state index < -0.39 is 26.6 Å². The first-order valence-corrected chi connectivity index (χ1v) is 8.26. The highest BCUT2D eigenvalue weighted by Crippen LogP contribution is 2.19. The molecule has 21 heavy (non-hydrogen) atoms. The maximum atomic E-state index is 13.8. The lowest BCUT2D eigenvalue weighted by Crippen LogP contribution is -2.38. The number of hydrogen-bond acceptors (Lipinski definition) is 3. The van der Waals surface area contributed by atoms with Crippen molar-refractivity contribution in [3.05, 3.63) is 29.1 Å². The number of rotatable bonds is 5. The summed E-state index contributed by atoms with van der Waals surface area (Å²) >= 11 is 0. The average molecular weight is 316 g/mol. The minimum Gasteiger partial charge on any atom is -0.349 e. The predicted molar refractivity (Wildman–Crippen MR) is 78.9 cm³/mol. The maximum absolute atomic E-state index is 13.8. The van der Waals surface area contributed by atoms with Crippen molar-refractivity contribution in [3.63, 3.8) is 0 Å². The smallest absolute Gasteiger partial charge is 0.251 e. The van der Waals surface area contributed by atoms with E-state index in [0.29, 0.717) is 0 Å². The standard InChI is InChI=1S/C14H21FN2O3S/c1-5-11(8(2)3)17-14(18)10-6-9(4)13(15)12(7-10)21(16,19)20/h6-8,11H,5H2,1-4H3,(H,17,18)(H2,16,19,20). The van der Waals surface area contributed by atoms with Crippen molar-refractivity contribution in [2.75, 3.05) is 0 Å². The fraction of sp³-hybridized carbons (Fsp3) is 0.500. The molecule has 1 amide bonds. The van der Waals surface area contributed by atoms with E-state index in [1.54, 1.807) is 0 Å². The summed E-state index contributed by atoms with van der Waals surface area (Å²) in [5.74, 6) is -1.13. The Labute approximate surface area is 124 Å². The molecule has 7 heteroatoms. The minimum atomic E-state index is -4.22.